The van der Waals surface area contributed by atoms with E-state index < -0.39 is 0 Å². The molecule has 0 aliphatic heterocycles. The normalized spacial score (nSPS) is 11.2. The smallest absolute Gasteiger partial charge is 0.342 e. The largest absolute Gasteiger partial charge is 0.508 e. The van der Waals surface area contributed by atoms with Gasteiger partial charge in [-0.2, -0.15) is 0 Å². The van der Waals surface area contributed by atoms with Crippen LogP contribution in [0.25, 0.3) is 11.5 Å². The molecule has 0 saturated heterocycles. The molecule has 1 heterocycles. The Hall–Kier alpha value is -2.57. The molecule has 0 aliphatic carbocycles. The van der Waals surface area contributed by atoms with Crippen molar-refractivity contribution in [2.24, 2.45) is 4.99 Å². The summed E-state index contributed by atoms with van der Waals surface area (Å²) in [5.41, 5.74) is 0.935. The SMILES string of the molecule is Oc1ccc(/C=N/c2nnc(-c3ccc(Cl)cc3Cl)o2)c(O)c1. The zero-order valence-electron chi connectivity index (χ0n) is 11.4. The van der Waals surface area contributed by atoms with Gasteiger partial charge in [-0.3, -0.25) is 0 Å². The Morgan fingerprint density at radius 3 is 2.61 bits per heavy atom. The van der Waals surface area contributed by atoms with E-state index in [9.17, 15) is 10.2 Å². The zero-order valence-corrected chi connectivity index (χ0v) is 13.0. The molecule has 0 amide bonds. The average molecular weight is 350 g/mol. The molecule has 0 atom stereocenters. The van der Waals surface area contributed by atoms with Gasteiger partial charge in [-0.1, -0.05) is 28.3 Å². The van der Waals surface area contributed by atoms with Crippen LogP contribution in [0.2, 0.25) is 10.0 Å². The lowest BCUT2D eigenvalue weighted by Crippen LogP contribution is -1.81. The molecule has 0 bridgehead atoms. The zero-order chi connectivity index (χ0) is 16.4. The van der Waals surface area contributed by atoms with Crippen molar-refractivity contribution in [3.8, 4) is 23.0 Å². The van der Waals surface area contributed by atoms with E-state index in [1.807, 2.05) is 0 Å². The van der Waals surface area contributed by atoms with Crippen molar-refractivity contribution >= 4 is 35.4 Å². The third kappa shape index (κ3) is 3.44. The molecule has 2 N–H and O–H groups in total. The molecule has 3 rings (SSSR count). The van der Waals surface area contributed by atoms with Gasteiger partial charge in [0.1, 0.15) is 11.5 Å². The highest BCUT2D eigenvalue weighted by Crippen LogP contribution is 2.30. The van der Waals surface area contributed by atoms with Gasteiger partial charge < -0.3 is 14.6 Å². The predicted octanol–water partition coefficient (Wildman–Crippen LogP) is 4.21. The monoisotopic (exact) mass is 349 g/mol. The summed E-state index contributed by atoms with van der Waals surface area (Å²) >= 11 is 11.9. The second kappa shape index (κ2) is 6.28. The van der Waals surface area contributed by atoms with Crippen LogP contribution in [0.1, 0.15) is 5.56 Å². The Kier molecular flexibility index (Phi) is 4.18. The van der Waals surface area contributed by atoms with E-state index in [4.69, 9.17) is 27.6 Å². The van der Waals surface area contributed by atoms with Crippen molar-refractivity contribution in [2.75, 3.05) is 0 Å². The summed E-state index contributed by atoms with van der Waals surface area (Å²) in [6, 6.07) is 9.02. The van der Waals surface area contributed by atoms with Crippen LogP contribution in [0, 0.1) is 0 Å². The standard InChI is InChI=1S/C15H9Cl2N3O3/c16-9-2-4-11(12(17)5-9)14-19-20-15(23-14)18-7-8-1-3-10(21)6-13(8)22/h1-7,21-22H/b18-7+. The molecule has 8 heteroatoms. The van der Waals surface area contributed by atoms with Gasteiger partial charge in [-0.05, 0) is 30.3 Å². The van der Waals surface area contributed by atoms with Crippen LogP contribution in [-0.2, 0) is 0 Å². The molecule has 0 aliphatic rings. The fourth-order valence-electron chi connectivity index (χ4n) is 1.81. The van der Waals surface area contributed by atoms with E-state index in [1.54, 1.807) is 18.2 Å². The van der Waals surface area contributed by atoms with Crippen molar-refractivity contribution < 1.29 is 14.6 Å². The minimum atomic E-state index is -0.116. The molecular weight excluding hydrogens is 341 g/mol. The number of rotatable bonds is 3. The van der Waals surface area contributed by atoms with Crippen molar-refractivity contribution in [1.82, 2.24) is 10.2 Å². The van der Waals surface area contributed by atoms with Crippen molar-refractivity contribution in [2.45, 2.75) is 0 Å². The second-order valence-corrected chi connectivity index (χ2v) is 5.36. The van der Waals surface area contributed by atoms with Crippen LogP contribution in [0.3, 0.4) is 0 Å². The number of nitrogens with zero attached hydrogens (tertiary/aromatic N) is 3. The topological polar surface area (TPSA) is 91.7 Å². The summed E-state index contributed by atoms with van der Waals surface area (Å²) in [6.45, 7) is 0. The summed E-state index contributed by atoms with van der Waals surface area (Å²) in [4.78, 5) is 3.98. The number of aromatic nitrogens is 2. The maximum atomic E-state index is 9.67. The molecule has 116 valence electrons. The van der Waals surface area contributed by atoms with Crippen LogP contribution < -0.4 is 0 Å². The van der Waals surface area contributed by atoms with Crippen molar-refractivity contribution in [3.05, 3.63) is 52.0 Å². The molecule has 0 spiro atoms. The summed E-state index contributed by atoms with van der Waals surface area (Å²) in [6.07, 6.45) is 1.34. The fourth-order valence-corrected chi connectivity index (χ4v) is 2.29. The van der Waals surface area contributed by atoms with Gasteiger partial charge in [-0.15, -0.1) is 5.10 Å². The van der Waals surface area contributed by atoms with E-state index >= 15 is 0 Å². The number of hydrogen-bond acceptors (Lipinski definition) is 6. The van der Waals surface area contributed by atoms with Gasteiger partial charge in [0.2, 0.25) is 0 Å². The molecule has 0 unspecified atom stereocenters. The maximum Gasteiger partial charge on any atom is 0.342 e. The van der Waals surface area contributed by atoms with E-state index in [1.165, 1.54) is 24.4 Å². The molecule has 6 nitrogen and oxygen atoms in total. The van der Waals surface area contributed by atoms with Gasteiger partial charge in [-0.25, -0.2) is 4.99 Å². The molecular formula is C15H9Cl2N3O3. The number of phenolic OH excluding ortho intramolecular Hbond substituents is 2. The molecule has 0 fully saturated rings. The first-order chi connectivity index (χ1) is 11.0. The maximum absolute atomic E-state index is 9.67. The van der Waals surface area contributed by atoms with E-state index in [0.717, 1.165) is 0 Å². The third-order valence-corrected chi connectivity index (χ3v) is 3.45. The Labute approximate surface area is 140 Å². The van der Waals surface area contributed by atoms with Crippen LogP contribution in [0.5, 0.6) is 11.5 Å². The molecule has 0 radical (unpaired) electrons. The van der Waals surface area contributed by atoms with Crippen molar-refractivity contribution in [3.63, 3.8) is 0 Å². The van der Waals surface area contributed by atoms with Gasteiger partial charge in [0.05, 0.1) is 10.6 Å². The van der Waals surface area contributed by atoms with Gasteiger partial charge in [0.15, 0.2) is 0 Å². The van der Waals surface area contributed by atoms with Gasteiger partial charge in [0.25, 0.3) is 5.89 Å². The quantitative estimate of drug-likeness (QED) is 0.691. The van der Waals surface area contributed by atoms with E-state index in [-0.39, 0.29) is 23.4 Å². The Morgan fingerprint density at radius 1 is 1.04 bits per heavy atom. The minimum absolute atomic E-state index is 0.00140. The molecule has 2 aromatic carbocycles. The number of hydrogen-bond donors (Lipinski definition) is 2. The summed E-state index contributed by atoms with van der Waals surface area (Å²) in [5, 5.41) is 27.4. The number of benzene rings is 2. The first-order valence-corrected chi connectivity index (χ1v) is 7.13. The Balaban J connectivity index is 1.86. The summed E-state index contributed by atoms with van der Waals surface area (Å²) in [5.74, 6) is 0.0417. The Morgan fingerprint density at radius 2 is 1.87 bits per heavy atom. The lowest BCUT2D eigenvalue weighted by molar-refractivity contribution is 0.450. The number of halogens is 2. The fraction of sp³-hybridized carbons (Fsp3) is 0. The van der Waals surface area contributed by atoms with Crippen LogP contribution >= 0.6 is 23.2 Å². The highest BCUT2D eigenvalue weighted by Gasteiger charge is 2.12. The highest BCUT2D eigenvalue weighted by molar-refractivity contribution is 6.36. The van der Waals surface area contributed by atoms with Gasteiger partial charge in [0, 0.05) is 22.9 Å². The molecule has 3 aromatic rings. The first-order valence-electron chi connectivity index (χ1n) is 6.38. The third-order valence-electron chi connectivity index (χ3n) is 2.90. The lowest BCUT2D eigenvalue weighted by Gasteiger charge is -1.98. The van der Waals surface area contributed by atoms with Crippen LogP contribution in [0.4, 0.5) is 6.01 Å². The highest BCUT2D eigenvalue weighted by atomic mass is 35.5. The number of aromatic hydroxyl groups is 2. The van der Waals surface area contributed by atoms with E-state index in [2.05, 4.69) is 15.2 Å². The summed E-state index contributed by atoms with van der Waals surface area (Å²) < 4.78 is 5.40. The van der Waals surface area contributed by atoms with E-state index in [0.29, 0.717) is 21.2 Å². The lowest BCUT2D eigenvalue weighted by atomic mass is 10.2. The molecule has 1 aromatic heterocycles. The average Bonchev–Trinajstić information content (AvgIpc) is 2.95. The molecule has 0 saturated carbocycles. The summed E-state index contributed by atoms with van der Waals surface area (Å²) in [7, 11) is 0. The van der Waals surface area contributed by atoms with Crippen LogP contribution in [-0.4, -0.2) is 26.6 Å². The molecule has 23 heavy (non-hydrogen) atoms. The minimum Gasteiger partial charge on any atom is -0.508 e. The van der Waals surface area contributed by atoms with Gasteiger partial charge >= 0.3 is 6.01 Å². The Bertz CT molecular complexity index is 893. The van der Waals surface area contributed by atoms with Crippen LogP contribution in [0.15, 0.2) is 45.8 Å². The van der Waals surface area contributed by atoms with Crippen molar-refractivity contribution in [1.29, 1.82) is 0 Å². The number of phenols is 2. The predicted molar refractivity (Wildman–Crippen MR) is 86.8 cm³/mol. The number of aliphatic imine (C=N–C) groups is 1. The first kappa shape index (κ1) is 15.3. The second-order valence-electron chi connectivity index (χ2n) is 4.52.